The molecular formula is C16H29N2O10PS. The van der Waals surface area contributed by atoms with Crippen molar-refractivity contribution in [2.45, 2.75) is 37.5 Å². The summed E-state index contributed by atoms with van der Waals surface area (Å²) in [5.41, 5.74) is -1.26. The first kappa shape index (κ1) is 26.8. The van der Waals surface area contributed by atoms with Crippen molar-refractivity contribution in [3.8, 4) is 0 Å². The standard InChI is InChI=1S/C16H29N2O10PS/c1-15(2,8-28-29(24,25)26)13(22)14(23)18-4-3-11(19)17-5-6-30-16(7-12(20)21)9-27-10-16/h13,22H,3-10H2,1-2H3,(H,17,19)(H,18,23)(H,20,21)(H2,24,25,26)/t13-/m0/s1. The Kier molecular flexibility index (Phi) is 10.2. The third kappa shape index (κ3) is 9.73. The van der Waals surface area contributed by atoms with Crippen molar-refractivity contribution in [3.63, 3.8) is 0 Å². The third-order valence-electron chi connectivity index (χ3n) is 4.28. The predicted octanol–water partition coefficient (Wildman–Crippen LogP) is -0.918. The van der Waals surface area contributed by atoms with Crippen LogP contribution in [0.25, 0.3) is 0 Å². The average Bonchev–Trinajstić information content (AvgIpc) is 2.59. The number of carbonyl (C=O) groups excluding carboxylic acids is 2. The molecule has 6 N–H and O–H groups in total. The molecule has 0 aromatic heterocycles. The van der Waals surface area contributed by atoms with Crippen LogP contribution in [-0.4, -0.2) is 87.3 Å². The molecule has 12 nitrogen and oxygen atoms in total. The van der Waals surface area contributed by atoms with Gasteiger partial charge >= 0.3 is 13.8 Å². The first-order chi connectivity index (χ1) is 13.8. The van der Waals surface area contributed by atoms with Crippen molar-refractivity contribution < 1.29 is 48.2 Å². The van der Waals surface area contributed by atoms with Gasteiger partial charge in [0.1, 0.15) is 6.10 Å². The Labute approximate surface area is 178 Å². The van der Waals surface area contributed by atoms with Gasteiger partial charge < -0.3 is 35.4 Å². The van der Waals surface area contributed by atoms with Gasteiger partial charge in [-0.05, 0) is 0 Å². The molecule has 30 heavy (non-hydrogen) atoms. The Hall–Kier alpha value is -1.21. The monoisotopic (exact) mass is 472 g/mol. The number of rotatable bonds is 14. The third-order valence-corrected chi connectivity index (χ3v) is 6.15. The number of carboxylic acids is 1. The first-order valence-corrected chi connectivity index (χ1v) is 11.6. The van der Waals surface area contributed by atoms with Crippen LogP contribution in [0.5, 0.6) is 0 Å². The molecule has 0 aliphatic carbocycles. The second-order valence-corrected chi connectivity index (χ2v) is 10.4. The van der Waals surface area contributed by atoms with E-state index in [4.69, 9.17) is 19.6 Å². The van der Waals surface area contributed by atoms with E-state index in [0.717, 1.165) is 0 Å². The first-order valence-electron chi connectivity index (χ1n) is 9.12. The van der Waals surface area contributed by atoms with Gasteiger partial charge in [0.2, 0.25) is 11.8 Å². The van der Waals surface area contributed by atoms with E-state index in [1.165, 1.54) is 25.6 Å². The second kappa shape index (κ2) is 11.4. The molecule has 1 aliphatic rings. The van der Waals surface area contributed by atoms with Crippen molar-refractivity contribution in [1.29, 1.82) is 0 Å². The molecule has 1 aliphatic heterocycles. The van der Waals surface area contributed by atoms with Crippen LogP contribution in [-0.2, 0) is 28.2 Å². The zero-order chi connectivity index (χ0) is 23.0. The Morgan fingerprint density at radius 1 is 1.23 bits per heavy atom. The molecule has 2 amide bonds. The predicted molar refractivity (Wildman–Crippen MR) is 107 cm³/mol. The quantitative estimate of drug-likeness (QED) is 0.135. The number of thioether (sulfide) groups is 1. The summed E-state index contributed by atoms with van der Waals surface area (Å²) >= 11 is 1.43. The molecule has 1 fully saturated rings. The van der Waals surface area contributed by atoms with Crippen molar-refractivity contribution in [3.05, 3.63) is 0 Å². The van der Waals surface area contributed by atoms with Crippen LogP contribution < -0.4 is 10.6 Å². The molecule has 0 aromatic carbocycles. The van der Waals surface area contributed by atoms with E-state index in [1.807, 2.05) is 0 Å². The lowest BCUT2D eigenvalue weighted by molar-refractivity contribution is -0.141. The van der Waals surface area contributed by atoms with E-state index in [1.54, 1.807) is 0 Å². The molecule has 0 bridgehead atoms. The molecule has 1 atom stereocenters. The molecule has 1 saturated heterocycles. The van der Waals surface area contributed by atoms with Crippen LogP contribution in [0.1, 0.15) is 26.7 Å². The molecule has 1 heterocycles. The number of amides is 2. The molecule has 0 unspecified atom stereocenters. The van der Waals surface area contributed by atoms with Crippen LogP contribution in [0, 0.1) is 5.41 Å². The number of aliphatic carboxylic acids is 1. The highest BCUT2D eigenvalue weighted by Crippen LogP contribution is 2.39. The van der Waals surface area contributed by atoms with Crippen molar-refractivity contribution >= 4 is 37.4 Å². The summed E-state index contributed by atoms with van der Waals surface area (Å²) in [7, 11) is -4.73. The minimum absolute atomic E-state index is 0.00445. The summed E-state index contributed by atoms with van der Waals surface area (Å²) in [6, 6.07) is 0. The summed E-state index contributed by atoms with van der Waals surface area (Å²) < 4.78 is 19.7. The Balaban J connectivity index is 2.24. The van der Waals surface area contributed by atoms with E-state index in [0.29, 0.717) is 25.5 Å². The number of hydrogen-bond acceptors (Lipinski definition) is 8. The maximum absolute atomic E-state index is 12.0. The number of carboxylic acid groups (broad SMARTS) is 1. The highest BCUT2D eigenvalue weighted by molar-refractivity contribution is 8.00. The lowest BCUT2D eigenvalue weighted by Gasteiger charge is -2.39. The van der Waals surface area contributed by atoms with Gasteiger partial charge in [0.05, 0.1) is 31.0 Å². The Morgan fingerprint density at radius 3 is 2.37 bits per heavy atom. The number of ether oxygens (including phenoxy) is 1. The lowest BCUT2D eigenvalue weighted by Crippen LogP contribution is -2.49. The maximum Gasteiger partial charge on any atom is 0.469 e. The SMILES string of the molecule is CC(C)(COP(=O)(O)O)[C@@H](O)C(=O)NCCC(=O)NCCSC1(CC(=O)O)COC1. The van der Waals surface area contributed by atoms with Gasteiger partial charge in [-0.2, -0.15) is 0 Å². The minimum Gasteiger partial charge on any atom is -0.481 e. The van der Waals surface area contributed by atoms with Gasteiger partial charge in [-0.1, -0.05) is 13.8 Å². The molecule has 0 spiro atoms. The lowest BCUT2D eigenvalue weighted by atomic mass is 9.87. The molecule has 0 radical (unpaired) electrons. The number of carbonyl (C=O) groups is 3. The topological polar surface area (TPSA) is 192 Å². The Morgan fingerprint density at radius 2 is 1.87 bits per heavy atom. The van der Waals surface area contributed by atoms with Crippen LogP contribution in [0.15, 0.2) is 0 Å². The average molecular weight is 472 g/mol. The number of aliphatic hydroxyl groups excluding tert-OH is 1. The largest absolute Gasteiger partial charge is 0.481 e. The zero-order valence-corrected chi connectivity index (χ0v) is 18.5. The van der Waals surface area contributed by atoms with Gasteiger partial charge in [-0.15, -0.1) is 11.8 Å². The van der Waals surface area contributed by atoms with E-state index < -0.39 is 42.6 Å². The molecule has 1 rings (SSSR count). The molecule has 174 valence electrons. The summed E-state index contributed by atoms with van der Waals surface area (Å²) in [5, 5.41) is 24.0. The number of hydrogen-bond donors (Lipinski definition) is 6. The van der Waals surface area contributed by atoms with Crippen molar-refractivity contribution in [2.24, 2.45) is 5.41 Å². The van der Waals surface area contributed by atoms with E-state index in [9.17, 15) is 24.1 Å². The molecule has 0 aromatic rings. The maximum atomic E-state index is 12.0. The smallest absolute Gasteiger partial charge is 0.469 e. The number of aliphatic hydroxyl groups is 1. The summed E-state index contributed by atoms with van der Waals surface area (Å²) in [6.45, 7) is 3.28. The van der Waals surface area contributed by atoms with Crippen LogP contribution in [0.4, 0.5) is 0 Å². The van der Waals surface area contributed by atoms with Gasteiger partial charge in [0, 0.05) is 30.7 Å². The molecule has 0 saturated carbocycles. The number of nitrogens with one attached hydrogen (secondary N) is 2. The fraction of sp³-hybridized carbons (Fsp3) is 0.812. The van der Waals surface area contributed by atoms with Gasteiger partial charge in [-0.25, -0.2) is 4.57 Å². The van der Waals surface area contributed by atoms with E-state index in [-0.39, 0.29) is 25.3 Å². The van der Waals surface area contributed by atoms with Gasteiger partial charge in [-0.3, -0.25) is 18.9 Å². The van der Waals surface area contributed by atoms with Crippen LogP contribution >= 0.6 is 19.6 Å². The summed E-state index contributed by atoms with van der Waals surface area (Å²) in [4.78, 5) is 52.1. The normalized spacial score (nSPS) is 17.0. The fourth-order valence-electron chi connectivity index (χ4n) is 2.47. The van der Waals surface area contributed by atoms with Crippen LogP contribution in [0.2, 0.25) is 0 Å². The van der Waals surface area contributed by atoms with Crippen molar-refractivity contribution in [2.75, 3.05) is 38.7 Å². The Bertz CT molecular complexity index is 664. The molecule has 14 heteroatoms. The van der Waals surface area contributed by atoms with Crippen molar-refractivity contribution in [1.82, 2.24) is 10.6 Å². The zero-order valence-electron chi connectivity index (χ0n) is 16.8. The highest BCUT2D eigenvalue weighted by atomic mass is 32.2. The van der Waals surface area contributed by atoms with Gasteiger partial charge in [0.25, 0.3) is 0 Å². The number of phosphoric ester groups is 1. The van der Waals surface area contributed by atoms with Gasteiger partial charge in [0.15, 0.2) is 0 Å². The summed E-state index contributed by atoms with van der Waals surface area (Å²) in [6.07, 6.45) is -1.64. The second-order valence-electron chi connectivity index (χ2n) is 7.64. The van der Waals surface area contributed by atoms with E-state index >= 15 is 0 Å². The highest BCUT2D eigenvalue weighted by Gasteiger charge is 2.41. The van der Waals surface area contributed by atoms with Crippen LogP contribution in [0.3, 0.4) is 0 Å². The number of phosphoric acid groups is 1. The molecular weight excluding hydrogens is 443 g/mol. The fourth-order valence-corrected chi connectivity index (χ4v) is 4.17. The summed E-state index contributed by atoms with van der Waals surface area (Å²) in [5.74, 6) is -1.50. The van der Waals surface area contributed by atoms with E-state index in [2.05, 4.69) is 15.2 Å². The minimum atomic E-state index is -4.73.